The van der Waals surface area contributed by atoms with E-state index in [0.717, 1.165) is 0 Å². The van der Waals surface area contributed by atoms with E-state index in [0.29, 0.717) is 17.8 Å². The quantitative estimate of drug-likeness (QED) is 0.801. The molecule has 0 atom stereocenters. The number of aryl methyl sites for hydroxylation is 2. The van der Waals surface area contributed by atoms with Crippen molar-refractivity contribution in [1.82, 2.24) is 23.8 Å². The third-order valence-electron chi connectivity index (χ3n) is 4.34. The van der Waals surface area contributed by atoms with Crippen LogP contribution in [0.3, 0.4) is 0 Å². The van der Waals surface area contributed by atoms with Crippen molar-refractivity contribution in [2.45, 2.75) is 30.1 Å². The van der Waals surface area contributed by atoms with Gasteiger partial charge in [0.15, 0.2) is 0 Å². The summed E-state index contributed by atoms with van der Waals surface area (Å²) >= 11 is 0. The molecule has 0 unspecified atom stereocenters. The van der Waals surface area contributed by atoms with Gasteiger partial charge in [-0.1, -0.05) is 0 Å². The first-order valence-corrected chi connectivity index (χ1v) is 11.0. The van der Waals surface area contributed by atoms with Crippen LogP contribution in [0.4, 0.5) is 0 Å². The predicted molar refractivity (Wildman–Crippen MR) is 94.4 cm³/mol. The number of nitrogens with zero attached hydrogens (tertiary/aromatic N) is 4. The monoisotopic (exact) mass is 399 g/mol. The molecule has 0 bridgehead atoms. The SMILES string of the molecule is Cc1n[nH]c(C)c1S(=O)(=O)N1CCCN(S(=O)(=O)c2cccnc2)CC1. The number of pyridine rings is 1. The summed E-state index contributed by atoms with van der Waals surface area (Å²) in [4.78, 5) is 4.13. The van der Waals surface area contributed by atoms with Crippen LogP contribution in [0.25, 0.3) is 0 Å². The second-order valence-electron chi connectivity index (χ2n) is 6.11. The lowest BCUT2D eigenvalue weighted by Gasteiger charge is -2.21. The molecule has 3 rings (SSSR count). The summed E-state index contributed by atoms with van der Waals surface area (Å²) < 4.78 is 54.0. The molecule has 0 amide bonds. The molecule has 0 saturated carbocycles. The van der Waals surface area contributed by atoms with Gasteiger partial charge in [-0.25, -0.2) is 16.8 Å². The van der Waals surface area contributed by atoms with Gasteiger partial charge in [-0.2, -0.15) is 13.7 Å². The van der Waals surface area contributed by atoms with Gasteiger partial charge < -0.3 is 0 Å². The summed E-state index contributed by atoms with van der Waals surface area (Å²) in [7, 11) is -7.42. The molecule has 0 spiro atoms. The van der Waals surface area contributed by atoms with Crippen LogP contribution in [-0.4, -0.2) is 66.8 Å². The van der Waals surface area contributed by atoms with Crippen LogP contribution in [0.5, 0.6) is 0 Å². The van der Waals surface area contributed by atoms with Crippen LogP contribution >= 0.6 is 0 Å². The van der Waals surface area contributed by atoms with Gasteiger partial charge in [0.1, 0.15) is 9.79 Å². The maximum atomic E-state index is 13.0. The fourth-order valence-corrected chi connectivity index (χ4v) is 6.28. The maximum absolute atomic E-state index is 13.0. The van der Waals surface area contributed by atoms with Crippen molar-refractivity contribution in [1.29, 1.82) is 0 Å². The molecule has 1 N–H and O–H groups in total. The summed E-state index contributed by atoms with van der Waals surface area (Å²) in [5, 5.41) is 6.63. The first-order valence-electron chi connectivity index (χ1n) is 8.16. The third kappa shape index (κ3) is 3.39. The Labute approximate surface area is 153 Å². The Bertz CT molecular complexity index is 967. The van der Waals surface area contributed by atoms with Crippen LogP contribution in [-0.2, 0) is 20.0 Å². The number of sulfonamides is 2. The number of aromatic amines is 1. The number of nitrogens with one attached hydrogen (secondary N) is 1. The van der Waals surface area contributed by atoms with Gasteiger partial charge in [-0.15, -0.1) is 0 Å². The van der Waals surface area contributed by atoms with E-state index in [2.05, 4.69) is 15.2 Å². The van der Waals surface area contributed by atoms with Gasteiger partial charge in [-0.05, 0) is 32.4 Å². The van der Waals surface area contributed by atoms with Gasteiger partial charge in [0.2, 0.25) is 20.0 Å². The minimum Gasteiger partial charge on any atom is -0.281 e. The van der Waals surface area contributed by atoms with E-state index in [1.807, 2.05) is 0 Å². The first kappa shape index (κ1) is 19.0. The van der Waals surface area contributed by atoms with Crippen molar-refractivity contribution >= 4 is 20.0 Å². The summed E-state index contributed by atoms with van der Waals surface area (Å²) in [6.45, 7) is 3.98. The highest BCUT2D eigenvalue weighted by molar-refractivity contribution is 7.89. The van der Waals surface area contributed by atoms with E-state index in [4.69, 9.17) is 0 Å². The summed E-state index contributed by atoms with van der Waals surface area (Å²) in [6, 6.07) is 3.05. The molecule has 26 heavy (non-hydrogen) atoms. The topological polar surface area (TPSA) is 116 Å². The Balaban J connectivity index is 1.83. The van der Waals surface area contributed by atoms with Crippen LogP contribution in [0, 0.1) is 13.8 Å². The number of H-pyrrole nitrogens is 1. The van der Waals surface area contributed by atoms with Crippen LogP contribution in [0.2, 0.25) is 0 Å². The van der Waals surface area contributed by atoms with Crippen LogP contribution in [0.15, 0.2) is 34.3 Å². The van der Waals surface area contributed by atoms with Gasteiger partial charge in [0.25, 0.3) is 0 Å². The number of rotatable bonds is 4. The normalized spacial score (nSPS) is 17.9. The maximum Gasteiger partial charge on any atom is 0.246 e. The molecule has 0 aliphatic carbocycles. The Morgan fingerprint density at radius 2 is 1.65 bits per heavy atom. The molecule has 1 saturated heterocycles. The molecule has 142 valence electrons. The zero-order valence-corrected chi connectivity index (χ0v) is 16.2. The Morgan fingerprint density at radius 1 is 1.00 bits per heavy atom. The lowest BCUT2D eigenvalue weighted by atomic mass is 10.4. The van der Waals surface area contributed by atoms with E-state index in [9.17, 15) is 16.8 Å². The lowest BCUT2D eigenvalue weighted by Crippen LogP contribution is -2.37. The fourth-order valence-electron chi connectivity index (χ4n) is 3.05. The lowest BCUT2D eigenvalue weighted by molar-refractivity contribution is 0.404. The van der Waals surface area contributed by atoms with Gasteiger partial charge in [-0.3, -0.25) is 10.1 Å². The zero-order chi connectivity index (χ0) is 18.9. The summed E-state index contributed by atoms with van der Waals surface area (Å²) in [6.07, 6.45) is 3.22. The predicted octanol–water partition coefficient (Wildman–Crippen LogP) is 0.507. The highest BCUT2D eigenvalue weighted by atomic mass is 32.2. The minimum absolute atomic E-state index is 0.0892. The van der Waals surface area contributed by atoms with E-state index in [-0.39, 0.29) is 36.0 Å². The fraction of sp³-hybridized carbons (Fsp3) is 0.467. The third-order valence-corrected chi connectivity index (χ3v) is 8.39. The number of hydrogen-bond acceptors (Lipinski definition) is 6. The molecular formula is C15H21N5O4S2. The Kier molecular flexibility index (Phi) is 5.15. The highest BCUT2D eigenvalue weighted by Gasteiger charge is 2.34. The van der Waals surface area contributed by atoms with Gasteiger partial charge in [0.05, 0.1) is 11.4 Å². The van der Waals surface area contributed by atoms with Gasteiger partial charge >= 0.3 is 0 Å². The van der Waals surface area contributed by atoms with E-state index in [1.54, 1.807) is 19.9 Å². The molecule has 3 heterocycles. The second-order valence-corrected chi connectivity index (χ2v) is 9.93. The average Bonchev–Trinajstić information content (AvgIpc) is 2.82. The Hall–Kier alpha value is -1.82. The molecule has 1 aliphatic rings. The number of hydrogen-bond donors (Lipinski definition) is 1. The van der Waals surface area contributed by atoms with Crippen molar-refractivity contribution in [2.75, 3.05) is 26.2 Å². The zero-order valence-electron chi connectivity index (χ0n) is 14.6. The van der Waals surface area contributed by atoms with Crippen molar-refractivity contribution in [3.8, 4) is 0 Å². The molecule has 1 aliphatic heterocycles. The Morgan fingerprint density at radius 3 is 2.19 bits per heavy atom. The van der Waals surface area contributed by atoms with Crippen LogP contribution in [0.1, 0.15) is 17.8 Å². The molecule has 11 heteroatoms. The van der Waals surface area contributed by atoms with E-state index in [1.165, 1.54) is 27.1 Å². The average molecular weight is 399 g/mol. The van der Waals surface area contributed by atoms with Crippen molar-refractivity contribution in [2.24, 2.45) is 0 Å². The largest absolute Gasteiger partial charge is 0.281 e. The van der Waals surface area contributed by atoms with E-state index < -0.39 is 20.0 Å². The highest BCUT2D eigenvalue weighted by Crippen LogP contribution is 2.24. The van der Waals surface area contributed by atoms with Crippen LogP contribution < -0.4 is 0 Å². The number of aromatic nitrogens is 3. The molecule has 0 radical (unpaired) electrons. The van der Waals surface area contributed by atoms with Crippen molar-refractivity contribution in [3.05, 3.63) is 35.9 Å². The molecule has 1 fully saturated rings. The molecule has 2 aromatic heterocycles. The molecular weight excluding hydrogens is 378 g/mol. The minimum atomic E-state index is -3.73. The van der Waals surface area contributed by atoms with Crippen molar-refractivity contribution in [3.63, 3.8) is 0 Å². The molecule has 0 aromatic carbocycles. The van der Waals surface area contributed by atoms with Crippen molar-refractivity contribution < 1.29 is 16.8 Å². The first-order chi connectivity index (χ1) is 12.2. The second kappa shape index (κ2) is 7.06. The van der Waals surface area contributed by atoms with E-state index >= 15 is 0 Å². The molecule has 9 nitrogen and oxygen atoms in total. The smallest absolute Gasteiger partial charge is 0.246 e. The summed E-state index contributed by atoms with van der Waals surface area (Å²) in [5.41, 5.74) is 0.887. The summed E-state index contributed by atoms with van der Waals surface area (Å²) in [5.74, 6) is 0. The van der Waals surface area contributed by atoms with Gasteiger partial charge in [0, 0.05) is 38.6 Å². The molecule has 2 aromatic rings. The standard InChI is InChI=1S/C15H21N5O4S2/c1-12-15(13(2)18-17-12)26(23,24)20-8-4-7-19(9-10-20)25(21,22)14-5-3-6-16-11-14/h3,5-6,11H,4,7-10H2,1-2H3,(H,17,18).